The van der Waals surface area contributed by atoms with Gasteiger partial charge >= 0.3 is 6.03 Å². The van der Waals surface area contributed by atoms with Crippen molar-refractivity contribution in [1.29, 1.82) is 0 Å². The Bertz CT molecular complexity index is 1030. The SMILES string of the molecule is Cc1ccccc1NC(=O)C1CCCN(C(=O)Nc2ccc(S(=O)(=O)N(C)C)s2)C1. The molecule has 1 aliphatic heterocycles. The summed E-state index contributed by atoms with van der Waals surface area (Å²) in [4.78, 5) is 27.0. The molecule has 0 aliphatic carbocycles. The highest BCUT2D eigenvalue weighted by atomic mass is 32.2. The molecule has 1 aromatic heterocycles. The standard InChI is InChI=1S/C20H26N4O4S2/c1-14-7-4-5-9-16(14)21-19(25)15-8-6-12-24(13-15)20(26)22-17-10-11-18(29-17)30(27,28)23(2)3/h4-5,7,9-11,15H,6,8,12-13H2,1-3H3,(H,21,25)(H,22,26). The normalized spacial score (nSPS) is 17.1. The molecular weight excluding hydrogens is 424 g/mol. The number of piperidine rings is 1. The summed E-state index contributed by atoms with van der Waals surface area (Å²) in [6, 6.07) is 10.3. The zero-order chi connectivity index (χ0) is 21.9. The zero-order valence-corrected chi connectivity index (χ0v) is 18.8. The van der Waals surface area contributed by atoms with Gasteiger partial charge in [0.15, 0.2) is 0 Å². The van der Waals surface area contributed by atoms with Crippen LogP contribution in [-0.2, 0) is 14.8 Å². The average molecular weight is 451 g/mol. The first-order chi connectivity index (χ1) is 14.2. The lowest BCUT2D eigenvalue weighted by molar-refractivity contribution is -0.121. The van der Waals surface area contributed by atoms with E-state index in [1.54, 1.807) is 11.0 Å². The first-order valence-corrected chi connectivity index (χ1v) is 11.9. The Morgan fingerprint density at radius 2 is 1.87 bits per heavy atom. The average Bonchev–Trinajstić information content (AvgIpc) is 3.19. The molecule has 1 aliphatic rings. The van der Waals surface area contributed by atoms with E-state index in [9.17, 15) is 18.0 Å². The van der Waals surface area contributed by atoms with Crippen molar-refractivity contribution in [2.45, 2.75) is 24.0 Å². The number of nitrogens with zero attached hydrogens (tertiary/aromatic N) is 2. The van der Waals surface area contributed by atoms with Crippen LogP contribution in [0.25, 0.3) is 0 Å². The van der Waals surface area contributed by atoms with Gasteiger partial charge in [-0.3, -0.25) is 10.1 Å². The number of hydrogen-bond donors (Lipinski definition) is 2. The Hall–Kier alpha value is -2.43. The van der Waals surface area contributed by atoms with Crippen LogP contribution in [0.1, 0.15) is 18.4 Å². The number of carbonyl (C=O) groups is 2. The Morgan fingerprint density at radius 1 is 1.13 bits per heavy atom. The molecule has 1 unspecified atom stereocenters. The molecule has 3 amide bonds. The van der Waals surface area contributed by atoms with E-state index < -0.39 is 10.0 Å². The zero-order valence-electron chi connectivity index (χ0n) is 17.2. The first kappa shape index (κ1) is 22.3. The predicted octanol–water partition coefficient (Wildman–Crippen LogP) is 3.19. The van der Waals surface area contributed by atoms with E-state index in [1.807, 2.05) is 31.2 Å². The van der Waals surface area contributed by atoms with Gasteiger partial charge in [-0.25, -0.2) is 17.5 Å². The number of sulfonamides is 1. The summed E-state index contributed by atoms with van der Waals surface area (Å²) < 4.78 is 25.7. The highest BCUT2D eigenvalue weighted by Gasteiger charge is 2.29. The van der Waals surface area contributed by atoms with Gasteiger partial charge in [0.25, 0.3) is 10.0 Å². The summed E-state index contributed by atoms with van der Waals surface area (Å²) in [5.74, 6) is -0.394. The third kappa shape index (κ3) is 5.00. The van der Waals surface area contributed by atoms with E-state index in [0.29, 0.717) is 24.5 Å². The third-order valence-corrected chi connectivity index (χ3v) is 8.31. The van der Waals surface area contributed by atoms with Crippen molar-refractivity contribution >= 4 is 44.0 Å². The third-order valence-electron chi connectivity index (χ3n) is 5.03. The van der Waals surface area contributed by atoms with Crippen LogP contribution >= 0.6 is 11.3 Å². The van der Waals surface area contributed by atoms with E-state index >= 15 is 0 Å². The number of rotatable bonds is 5. The molecule has 1 aromatic carbocycles. The highest BCUT2D eigenvalue weighted by molar-refractivity contribution is 7.91. The Morgan fingerprint density at radius 3 is 2.57 bits per heavy atom. The molecule has 0 spiro atoms. The molecule has 1 saturated heterocycles. The van der Waals surface area contributed by atoms with Gasteiger partial charge in [-0.15, -0.1) is 11.3 Å². The van der Waals surface area contributed by atoms with Crippen LogP contribution in [0.4, 0.5) is 15.5 Å². The van der Waals surface area contributed by atoms with Crippen molar-refractivity contribution < 1.29 is 18.0 Å². The van der Waals surface area contributed by atoms with E-state index in [0.717, 1.165) is 33.3 Å². The van der Waals surface area contributed by atoms with Crippen LogP contribution in [-0.4, -0.2) is 56.7 Å². The molecule has 0 radical (unpaired) electrons. The van der Waals surface area contributed by atoms with E-state index in [1.165, 1.54) is 20.2 Å². The second kappa shape index (κ2) is 9.15. The molecule has 1 atom stereocenters. The number of anilines is 2. The number of para-hydroxylation sites is 1. The molecule has 2 N–H and O–H groups in total. The van der Waals surface area contributed by atoms with Crippen LogP contribution in [0.5, 0.6) is 0 Å². The van der Waals surface area contributed by atoms with Gasteiger partial charge in [-0.1, -0.05) is 18.2 Å². The molecule has 162 valence electrons. The van der Waals surface area contributed by atoms with Crippen LogP contribution in [0.2, 0.25) is 0 Å². The quantitative estimate of drug-likeness (QED) is 0.731. The molecule has 2 aromatic rings. The van der Waals surface area contributed by atoms with Gasteiger partial charge in [-0.2, -0.15) is 0 Å². The minimum absolute atomic E-state index is 0.0997. The highest BCUT2D eigenvalue weighted by Crippen LogP contribution is 2.28. The number of amides is 3. The smallest absolute Gasteiger partial charge is 0.322 e. The maximum Gasteiger partial charge on any atom is 0.322 e. The topological polar surface area (TPSA) is 98.8 Å². The molecule has 2 heterocycles. The van der Waals surface area contributed by atoms with Gasteiger partial charge in [0, 0.05) is 32.9 Å². The Labute approximate surface area is 180 Å². The van der Waals surface area contributed by atoms with E-state index in [-0.39, 0.29) is 22.1 Å². The fraction of sp³-hybridized carbons (Fsp3) is 0.400. The van der Waals surface area contributed by atoms with Crippen molar-refractivity contribution in [3.63, 3.8) is 0 Å². The predicted molar refractivity (Wildman–Crippen MR) is 118 cm³/mol. The fourth-order valence-corrected chi connectivity index (χ4v) is 5.58. The van der Waals surface area contributed by atoms with Gasteiger partial charge in [0.05, 0.1) is 10.9 Å². The summed E-state index contributed by atoms with van der Waals surface area (Å²) >= 11 is 1.00. The van der Waals surface area contributed by atoms with Crippen molar-refractivity contribution in [2.75, 3.05) is 37.8 Å². The number of benzene rings is 1. The molecule has 1 fully saturated rings. The summed E-state index contributed by atoms with van der Waals surface area (Å²) in [5, 5.41) is 6.16. The molecule has 3 rings (SSSR count). The number of thiophene rings is 1. The lowest BCUT2D eigenvalue weighted by Crippen LogP contribution is -2.45. The molecule has 8 nitrogen and oxygen atoms in total. The minimum atomic E-state index is -3.54. The summed E-state index contributed by atoms with van der Waals surface area (Å²) in [7, 11) is -0.613. The number of aryl methyl sites for hydroxylation is 1. The van der Waals surface area contributed by atoms with Crippen molar-refractivity contribution in [3.8, 4) is 0 Å². The minimum Gasteiger partial charge on any atom is -0.326 e. The van der Waals surface area contributed by atoms with Gasteiger partial charge in [-0.05, 0) is 43.5 Å². The molecule has 0 bridgehead atoms. The molecule has 30 heavy (non-hydrogen) atoms. The van der Waals surface area contributed by atoms with Crippen molar-refractivity contribution in [1.82, 2.24) is 9.21 Å². The summed E-state index contributed by atoms with van der Waals surface area (Å²) in [6.07, 6.45) is 1.44. The number of likely N-dealkylation sites (tertiary alicyclic amines) is 1. The largest absolute Gasteiger partial charge is 0.326 e. The molecule has 10 heteroatoms. The first-order valence-electron chi connectivity index (χ1n) is 9.63. The van der Waals surface area contributed by atoms with Crippen LogP contribution in [0, 0.1) is 12.8 Å². The number of hydrogen-bond acceptors (Lipinski definition) is 5. The lowest BCUT2D eigenvalue weighted by Gasteiger charge is -2.32. The van der Waals surface area contributed by atoms with E-state index in [4.69, 9.17) is 0 Å². The van der Waals surface area contributed by atoms with Crippen LogP contribution < -0.4 is 10.6 Å². The second-order valence-electron chi connectivity index (χ2n) is 7.43. The molecule has 0 saturated carbocycles. The molecular formula is C20H26N4O4S2. The maximum atomic E-state index is 12.7. The maximum absolute atomic E-state index is 12.7. The fourth-order valence-electron chi connectivity index (χ4n) is 3.21. The lowest BCUT2D eigenvalue weighted by atomic mass is 9.97. The number of nitrogens with one attached hydrogen (secondary N) is 2. The van der Waals surface area contributed by atoms with Crippen molar-refractivity contribution in [2.24, 2.45) is 5.92 Å². The summed E-state index contributed by atoms with van der Waals surface area (Å²) in [5.41, 5.74) is 1.76. The van der Waals surface area contributed by atoms with Crippen molar-refractivity contribution in [3.05, 3.63) is 42.0 Å². The second-order valence-corrected chi connectivity index (χ2v) is 10.9. The van der Waals surface area contributed by atoms with E-state index in [2.05, 4.69) is 10.6 Å². The van der Waals surface area contributed by atoms with Crippen LogP contribution in [0.15, 0.2) is 40.6 Å². The number of urea groups is 1. The van der Waals surface area contributed by atoms with Gasteiger partial charge < -0.3 is 10.2 Å². The van der Waals surface area contributed by atoms with Gasteiger partial charge in [0.2, 0.25) is 5.91 Å². The Kier molecular flexibility index (Phi) is 6.79. The number of carbonyl (C=O) groups excluding carboxylic acids is 2. The van der Waals surface area contributed by atoms with Crippen LogP contribution in [0.3, 0.4) is 0 Å². The summed E-state index contributed by atoms with van der Waals surface area (Å²) in [6.45, 7) is 2.80. The Balaban J connectivity index is 1.61. The monoisotopic (exact) mass is 450 g/mol. The van der Waals surface area contributed by atoms with Gasteiger partial charge in [0.1, 0.15) is 4.21 Å².